The number of para-hydroxylation sites is 2. The summed E-state index contributed by atoms with van der Waals surface area (Å²) in [5, 5.41) is 1.16. The molecule has 0 radical (unpaired) electrons. The number of hydrogen-bond acceptors (Lipinski definition) is 4. The average molecular weight is 508 g/mol. The highest BCUT2D eigenvalue weighted by Crippen LogP contribution is 2.23. The van der Waals surface area contributed by atoms with Gasteiger partial charge in [-0.2, -0.15) is 0 Å². The van der Waals surface area contributed by atoms with Crippen LogP contribution in [-0.2, 0) is 27.3 Å². The quantitative estimate of drug-likeness (QED) is 0.329. The highest BCUT2D eigenvalue weighted by Gasteiger charge is 2.25. The number of nitrogens with zero attached hydrogens (tertiary/aromatic N) is 2. The van der Waals surface area contributed by atoms with E-state index in [0.29, 0.717) is 45.5 Å². The third-order valence-electron chi connectivity index (χ3n) is 6.37. The largest absolute Gasteiger partial charge is 0.496 e. The smallest absolute Gasteiger partial charge is 0.242 e. The van der Waals surface area contributed by atoms with E-state index in [9.17, 15) is 9.59 Å². The minimum Gasteiger partial charge on any atom is -0.496 e. The average Bonchev–Trinajstić information content (AvgIpc) is 3.28. The fraction of sp³-hybridized carbons (Fsp3) is 0.467. The number of carbonyl (C=O) groups excluding carboxylic acids is 2. The topological polar surface area (TPSA) is 74.9 Å². The Morgan fingerprint density at radius 3 is 2.35 bits per heavy atom. The first-order valence-electron chi connectivity index (χ1n) is 12.9. The number of ether oxygens (including phenoxy) is 2. The number of rotatable bonds is 13. The second-order valence-corrected chi connectivity index (χ2v) is 10.6. The molecule has 0 saturated heterocycles. The SMILES string of the molecule is COCCCN(CC(=O)N(CCc1c[nH]c2ccccc12)Cc1ccccc1OC)C(=O)CC(C)(C)C. The highest BCUT2D eigenvalue weighted by atomic mass is 16.5. The Kier molecular flexibility index (Phi) is 10.1. The lowest BCUT2D eigenvalue weighted by Crippen LogP contribution is -2.44. The summed E-state index contributed by atoms with van der Waals surface area (Å²) in [5.41, 5.74) is 3.02. The first-order valence-corrected chi connectivity index (χ1v) is 12.9. The Morgan fingerprint density at radius 2 is 1.62 bits per heavy atom. The minimum atomic E-state index is -0.161. The lowest BCUT2D eigenvalue weighted by atomic mass is 9.91. The molecule has 0 spiro atoms. The van der Waals surface area contributed by atoms with Gasteiger partial charge in [0.25, 0.3) is 0 Å². The predicted molar refractivity (Wildman–Crippen MR) is 148 cm³/mol. The molecule has 7 nitrogen and oxygen atoms in total. The standard InChI is InChI=1S/C30H41N3O4/c1-30(2,3)19-28(34)32(16-10-18-36-4)22-29(35)33(21-24-11-6-9-14-27(24)37-5)17-15-23-20-31-26-13-8-7-12-25(23)26/h6-9,11-14,20,31H,10,15-19,21-22H2,1-5H3. The first-order chi connectivity index (χ1) is 17.7. The number of hydrogen-bond donors (Lipinski definition) is 1. The van der Waals surface area contributed by atoms with E-state index in [2.05, 4.69) is 17.1 Å². The summed E-state index contributed by atoms with van der Waals surface area (Å²) in [6.07, 6.45) is 3.78. The zero-order valence-corrected chi connectivity index (χ0v) is 22.9. The van der Waals surface area contributed by atoms with Crippen molar-refractivity contribution in [3.63, 3.8) is 0 Å². The molecule has 1 N–H and O–H groups in total. The molecule has 2 amide bonds. The van der Waals surface area contributed by atoms with Crippen LogP contribution in [0.2, 0.25) is 0 Å². The summed E-state index contributed by atoms with van der Waals surface area (Å²) in [4.78, 5) is 33.7. The number of methoxy groups -OCH3 is 2. The van der Waals surface area contributed by atoms with Gasteiger partial charge in [0.15, 0.2) is 0 Å². The van der Waals surface area contributed by atoms with Crippen molar-refractivity contribution in [2.24, 2.45) is 5.41 Å². The van der Waals surface area contributed by atoms with Gasteiger partial charge in [-0.05, 0) is 36.0 Å². The zero-order chi connectivity index (χ0) is 26.8. The van der Waals surface area contributed by atoms with Gasteiger partial charge in [-0.15, -0.1) is 0 Å². The second kappa shape index (κ2) is 13.3. The van der Waals surface area contributed by atoms with Gasteiger partial charge in [0, 0.05) is 62.4 Å². The van der Waals surface area contributed by atoms with Gasteiger partial charge in [-0.3, -0.25) is 9.59 Å². The van der Waals surface area contributed by atoms with E-state index in [1.807, 2.05) is 68.3 Å². The van der Waals surface area contributed by atoms with Crippen molar-refractivity contribution in [2.75, 3.05) is 40.5 Å². The van der Waals surface area contributed by atoms with Crippen LogP contribution in [0, 0.1) is 5.41 Å². The van der Waals surface area contributed by atoms with Crippen LogP contribution in [0.3, 0.4) is 0 Å². The number of fused-ring (bicyclic) bond motifs is 1. The maximum atomic E-state index is 13.7. The molecule has 2 aromatic carbocycles. The second-order valence-electron chi connectivity index (χ2n) is 10.6. The predicted octanol–water partition coefficient (Wildman–Crippen LogP) is 5.05. The molecule has 0 aliphatic carbocycles. The number of carbonyl (C=O) groups is 2. The van der Waals surface area contributed by atoms with Crippen LogP contribution >= 0.6 is 0 Å². The molecule has 0 unspecified atom stereocenters. The van der Waals surface area contributed by atoms with Gasteiger partial charge in [-0.1, -0.05) is 57.2 Å². The van der Waals surface area contributed by atoms with Crippen LogP contribution in [-0.4, -0.2) is 67.1 Å². The van der Waals surface area contributed by atoms with Gasteiger partial charge >= 0.3 is 0 Å². The summed E-state index contributed by atoms with van der Waals surface area (Å²) < 4.78 is 10.7. The lowest BCUT2D eigenvalue weighted by molar-refractivity contribution is -0.142. The van der Waals surface area contributed by atoms with Crippen molar-refractivity contribution in [3.8, 4) is 5.75 Å². The Bertz CT molecular complexity index is 1160. The Hall–Kier alpha value is -3.32. The zero-order valence-electron chi connectivity index (χ0n) is 22.9. The van der Waals surface area contributed by atoms with Crippen molar-refractivity contribution >= 4 is 22.7 Å². The van der Waals surface area contributed by atoms with Gasteiger partial charge < -0.3 is 24.3 Å². The van der Waals surface area contributed by atoms with Gasteiger partial charge in [0.05, 0.1) is 13.7 Å². The van der Waals surface area contributed by atoms with E-state index in [0.717, 1.165) is 27.8 Å². The number of nitrogens with one attached hydrogen (secondary N) is 1. The number of aromatic amines is 1. The van der Waals surface area contributed by atoms with Crippen LogP contribution in [0.25, 0.3) is 10.9 Å². The summed E-state index contributed by atoms with van der Waals surface area (Å²) in [7, 11) is 3.28. The maximum absolute atomic E-state index is 13.7. The third kappa shape index (κ3) is 8.35. The molecule has 0 atom stereocenters. The molecular weight excluding hydrogens is 466 g/mol. The van der Waals surface area contributed by atoms with E-state index >= 15 is 0 Å². The molecule has 0 bridgehead atoms. The normalized spacial score (nSPS) is 11.5. The molecule has 0 saturated carbocycles. The van der Waals surface area contributed by atoms with Crippen molar-refractivity contribution in [1.29, 1.82) is 0 Å². The van der Waals surface area contributed by atoms with Crippen LogP contribution in [0.1, 0.15) is 44.7 Å². The van der Waals surface area contributed by atoms with Crippen LogP contribution < -0.4 is 4.74 Å². The lowest BCUT2D eigenvalue weighted by Gasteiger charge is -2.30. The fourth-order valence-corrected chi connectivity index (χ4v) is 4.45. The van der Waals surface area contributed by atoms with Crippen LogP contribution in [0.4, 0.5) is 0 Å². The highest BCUT2D eigenvalue weighted by molar-refractivity contribution is 5.85. The summed E-state index contributed by atoms with van der Waals surface area (Å²) in [5.74, 6) is 0.657. The third-order valence-corrected chi connectivity index (χ3v) is 6.37. The molecule has 1 aromatic heterocycles. The van der Waals surface area contributed by atoms with Crippen molar-refractivity contribution in [3.05, 3.63) is 65.9 Å². The maximum Gasteiger partial charge on any atom is 0.242 e. The Morgan fingerprint density at radius 1 is 0.892 bits per heavy atom. The molecule has 3 aromatic rings. The van der Waals surface area contributed by atoms with Crippen LogP contribution in [0.5, 0.6) is 5.75 Å². The minimum absolute atomic E-state index is 0.00850. The van der Waals surface area contributed by atoms with Crippen molar-refractivity contribution in [1.82, 2.24) is 14.8 Å². The van der Waals surface area contributed by atoms with Crippen LogP contribution in [0.15, 0.2) is 54.7 Å². The van der Waals surface area contributed by atoms with Crippen molar-refractivity contribution in [2.45, 2.75) is 46.6 Å². The molecule has 200 valence electrons. The molecule has 7 heteroatoms. The number of H-pyrrole nitrogens is 1. The van der Waals surface area contributed by atoms with Gasteiger partial charge in [0.1, 0.15) is 5.75 Å². The monoisotopic (exact) mass is 507 g/mol. The van der Waals surface area contributed by atoms with Crippen molar-refractivity contribution < 1.29 is 19.1 Å². The van der Waals surface area contributed by atoms with Gasteiger partial charge in [-0.25, -0.2) is 0 Å². The van der Waals surface area contributed by atoms with E-state index in [1.165, 1.54) is 0 Å². The fourth-order valence-electron chi connectivity index (χ4n) is 4.45. The molecule has 1 heterocycles. The molecule has 0 fully saturated rings. The van der Waals surface area contributed by atoms with E-state index < -0.39 is 0 Å². The molecule has 0 aliphatic heterocycles. The number of benzene rings is 2. The van der Waals surface area contributed by atoms with E-state index in [4.69, 9.17) is 9.47 Å². The summed E-state index contributed by atoms with van der Waals surface area (Å²) in [6, 6.07) is 15.9. The van der Waals surface area contributed by atoms with E-state index in [-0.39, 0.29) is 23.8 Å². The molecule has 0 aliphatic rings. The Labute approximate surface area is 220 Å². The summed E-state index contributed by atoms with van der Waals surface area (Å²) in [6.45, 7) is 8.11. The molecule has 3 rings (SSSR count). The van der Waals surface area contributed by atoms with E-state index in [1.54, 1.807) is 19.1 Å². The molecular formula is C30H41N3O4. The number of aromatic nitrogens is 1. The number of amides is 2. The summed E-state index contributed by atoms with van der Waals surface area (Å²) >= 11 is 0. The Balaban J connectivity index is 1.81. The van der Waals surface area contributed by atoms with Gasteiger partial charge in [0.2, 0.25) is 11.8 Å². The first kappa shape index (κ1) is 28.3. The molecule has 37 heavy (non-hydrogen) atoms.